The molecular weight excluding hydrogens is 289 g/mol. The maximum Gasteiger partial charge on any atom is 0.325 e. The van der Waals surface area contributed by atoms with Crippen molar-refractivity contribution in [3.05, 3.63) is 0 Å². The van der Waals surface area contributed by atoms with Crippen molar-refractivity contribution in [3.8, 4) is 0 Å². The standard InChI is InChI=1S/C14H25F3O2S/c1-5-7-8-19-13(18)11(9-10(3)4)20-14(16,17)12(15)6-2/h10-12H,5-9H2,1-4H3. The molecule has 0 aromatic rings. The number of unbranched alkanes of at least 4 members (excludes halogenated alkanes) is 1. The van der Waals surface area contributed by atoms with Crippen molar-refractivity contribution in [2.75, 3.05) is 6.61 Å². The maximum absolute atomic E-state index is 13.6. The van der Waals surface area contributed by atoms with E-state index in [-0.39, 0.29) is 37.1 Å². The van der Waals surface area contributed by atoms with Gasteiger partial charge in [0.05, 0.1) is 6.61 Å². The van der Waals surface area contributed by atoms with Gasteiger partial charge in [0.15, 0.2) is 6.17 Å². The van der Waals surface area contributed by atoms with Gasteiger partial charge in [-0.05, 0) is 25.2 Å². The van der Waals surface area contributed by atoms with E-state index >= 15 is 0 Å². The second-order valence-corrected chi connectivity index (χ2v) is 6.54. The SMILES string of the molecule is CCCCOC(=O)C(CC(C)C)SC(F)(F)C(F)CC. The first-order valence-corrected chi connectivity index (χ1v) is 7.98. The Kier molecular flexibility index (Phi) is 9.34. The molecule has 0 saturated carbocycles. The number of rotatable bonds is 10. The van der Waals surface area contributed by atoms with E-state index in [0.29, 0.717) is 6.42 Å². The molecule has 0 aromatic heterocycles. The quantitative estimate of drug-likeness (QED) is 0.427. The molecule has 0 saturated heterocycles. The first-order chi connectivity index (χ1) is 9.24. The fourth-order valence-electron chi connectivity index (χ4n) is 1.53. The predicted octanol–water partition coefficient (Wildman–Crippen LogP) is 4.82. The van der Waals surface area contributed by atoms with E-state index in [9.17, 15) is 18.0 Å². The Labute approximate surface area is 123 Å². The minimum atomic E-state index is -3.56. The van der Waals surface area contributed by atoms with Gasteiger partial charge in [-0.2, -0.15) is 8.78 Å². The van der Waals surface area contributed by atoms with Crippen LogP contribution in [-0.2, 0) is 9.53 Å². The number of halogens is 3. The van der Waals surface area contributed by atoms with Crippen molar-refractivity contribution in [3.63, 3.8) is 0 Å². The number of alkyl halides is 3. The molecule has 0 aliphatic carbocycles. The number of thioether (sulfide) groups is 1. The number of hydrogen-bond donors (Lipinski definition) is 0. The van der Waals surface area contributed by atoms with Crippen molar-refractivity contribution in [1.82, 2.24) is 0 Å². The van der Waals surface area contributed by atoms with Crippen LogP contribution in [-0.4, -0.2) is 29.3 Å². The molecular formula is C14H25F3O2S. The number of carbonyl (C=O) groups excluding carboxylic acids is 1. The zero-order valence-electron chi connectivity index (χ0n) is 12.6. The van der Waals surface area contributed by atoms with Crippen LogP contribution in [0, 0.1) is 5.92 Å². The van der Waals surface area contributed by atoms with Gasteiger partial charge in [0.25, 0.3) is 0 Å². The molecule has 0 radical (unpaired) electrons. The van der Waals surface area contributed by atoms with Crippen molar-refractivity contribution in [2.24, 2.45) is 5.92 Å². The van der Waals surface area contributed by atoms with Crippen LogP contribution in [0.25, 0.3) is 0 Å². The van der Waals surface area contributed by atoms with Gasteiger partial charge < -0.3 is 4.74 Å². The van der Waals surface area contributed by atoms with Gasteiger partial charge in [-0.1, -0.05) is 45.9 Å². The molecule has 0 bridgehead atoms. The Bertz CT molecular complexity index is 286. The lowest BCUT2D eigenvalue weighted by molar-refractivity contribution is -0.143. The van der Waals surface area contributed by atoms with Crippen molar-refractivity contribution >= 4 is 17.7 Å². The van der Waals surface area contributed by atoms with E-state index < -0.39 is 22.6 Å². The lowest BCUT2D eigenvalue weighted by atomic mass is 10.1. The van der Waals surface area contributed by atoms with Gasteiger partial charge in [-0.15, -0.1) is 0 Å². The van der Waals surface area contributed by atoms with Crippen LogP contribution in [0.3, 0.4) is 0 Å². The summed E-state index contributed by atoms with van der Waals surface area (Å²) >= 11 is 0.0913. The molecule has 0 heterocycles. The highest BCUT2D eigenvalue weighted by molar-refractivity contribution is 8.01. The highest BCUT2D eigenvalue weighted by Crippen LogP contribution is 2.40. The van der Waals surface area contributed by atoms with E-state index in [4.69, 9.17) is 4.74 Å². The number of carbonyl (C=O) groups is 1. The minimum Gasteiger partial charge on any atom is -0.465 e. The predicted molar refractivity (Wildman–Crippen MR) is 76.8 cm³/mol. The molecule has 120 valence electrons. The topological polar surface area (TPSA) is 26.3 Å². The summed E-state index contributed by atoms with van der Waals surface area (Å²) in [7, 11) is 0. The number of esters is 1. The first-order valence-electron chi connectivity index (χ1n) is 7.10. The van der Waals surface area contributed by atoms with Crippen LogP contribution < -0.4 is 0 Å². The second-order valence-electron chi connectivity index (χ2n) is 5.19. The Morgan fingerprint density at radius 3 is 2.35 bits per heavy atom. The fourth-order valence-corrected chi connectivity index (χ4v) is 2.87. The zero-order chi connectivity index (χ0) is 15.8. The van der Waals surface area contributed by atoms with Crippen molar-refractivity contribution in [2.45, 2.75) is 70.1 Å². The zero-order valence-corrected chi connectivity index (χ0v) is 13.4. The largest absolute Gasteiger partial charge is 0.465 e. The van der Waals surface area contributed by atoms with E-state index in [2.05, 4.69) is 0 Å². The number of hydrogen-bond acceptors (Lipinski definition) is 3. The maximum atomic E-state index is 13.6. The molecule has 6 heteroatoms. The summed E-state index contributed by atoms with van der Waals surface area (Å²) in [6.45, 7) is 7.19. The normalized spacial score (nSPS) is 15.2. The third-order valence-electron chi connectivity index (χ3n) is 2.71. The smallest absolute Gasteiger partial charge is 0.325 e. The second kappa shape index (κ2) is 9.53. The lowest BCUT2D eigenvalue weighted by Gasteiger charge is -2.24. The molecule has 0 fully saturated rings. The van der Waals surface area contributed by atoms with Crippen molar-refractivity contribution in [1.29, 1.82) is 0 Å². The summed E-state index contributed by atoms with van der Waals surface area (Å²) in [6.07, 6.45) is -0.720. The van der Waals surface area contributed by atoms with E-state index in [1.807, 2.05) is 20.8 Å². The minimum absolute atomic E-state index is 0.0571. The summed E-state index contributed by atoms with van der Waals surface area (Å²) in [5.41, 5.74) is 0. The van der Waals surface area contributed by atoms with E-state index in [1.54, 1.807) is 0 Å². The molecule has 20 heavy (non-hydrogen) atoms. The van der Waals surface area contributed by atoms with Crippen LogP contribution in [0.5, 0.6) is 0 Å². The summed E-state index contributed by atoms with van der Waals surface area (Å²) in [6, 6.07) is 0. The summed E-state index contributed by atoms with van der Waals surface area (Å²) in [4.78, 5) is 11.8. The van der Waals surface area contributed by atoms with Gasteiger partial charge in [0.1, 0.15) is 5.25 Å². The third kappa shape index (κ3) is 7.41. The van der Waals surface area contributed by atoms with Crippen LogP contribution >= 0.6 is 11.8 Å². The van der Waals surface area contributed by atoms with Crippen molar-refractivity contribution < 1.29 is 22.7 Å². The fraction of sp³-hybridized carbons (Fsp3) is 0.929. The molecule has 2 atom stereocenters. The van der Waals surface area contributed by atoms with Gasteiger partial charge in [0, 0.05) is 0 Å². The molecule has 0 spiro atoms. The van der Waals surface area contributed by atoms with Gasteiger partial charge in [-0.3, -0.25) is 4.79 Å². The van der Waals surface area contributed by atoms with Gasteiger partial charge in [-0.25, -0.2) is 4.39 Å². The average molecular weight is 314 g/mol. The highest BCUT2D eigenvalue weighted by Gasteiger charge is 2.44. The van der Waals surface area contributed by atoms with Crippen LogP contribution in [0.15, 0.2) is 0 Å². The molecule has 0 amide bonds. The van der Waals surface area contributed by atoms with Crippen LogP contribution in [0.4, 0.5) is 13.2 Å². The highest BCUT2D eigenvalue weighted by atomic mass is 32.2. The molecule has 0 aliphatic heterocycles. The van der Waals surface area contributed by atoms with E-state index in [0.717, 1.165) is 6.42 Å². The molecule has 0 aromatic carbocycles. The third-order valence-corrected chi connectivity index (χ3v) is 3.95. The number of ether oxygens (including phenoxy) is 1. The summed E-state index contributed by atoms with van der Waals surface area (Å²) < 4.78 is 45.5. The molecule has 0 rings (SSSR count). The van der Waals surface area contributed by atoms with Gasteiger partial charge in [0.2, 0.25) is 0 Å². The summed E-state index contributed by atoms with van der Waals surface area (Å²) in [5.74, 6) is -0.609. The Morgan fingerprint density at radius 2 is 1.90 bits per heavy atom. The van der Waals surface area contributed by atoms with Gasteiger partial charge >= 0.3 is 11.2 Å². The monoisotopic (exact) mass is 314 g/mol. The Balaban J connectivity index is 4.66. The van der Waals surface area contributed by atoms with E-state index in [1.165, 1.54) is 6.92 Å². The Morgan fingerprint density at radius 1 is 1.30 bits per heavy atom. The van der Waals surface area contributed by atoms with Crippen LogP contribution in [0.2, 0.25) is 0 Å². The first kappa shape index (κ1) is 19.6. The molecule has 2 nitrogen and oxygen atoms in total. The molecule has 2 unspecified atom stereocenters. The average Bonchev–Trinajstić information content (AvgIpc) is 2.36. The Hall–Kier alpha value is -0.390. The molecule has 0 N–H and O–H groups in total. The lowest BCUT2D eigenvalue weighted by Crippen LogP contribution is -2.33. The summed E-state index contributed by atoms with van der Waals surface area (Å²) in [5, 5.41) is -4.58. The molecule has 0 aliphatic rings. The van der Waals surface area contributed by atoms with Crippen LogP contribution in [0.1, 0.15) is 53.4 Å².